The van der Waals surface area contributed by atoms with Gasteiger partial charge in [0.2, 0.25) is 5.91 Å². The first-order valence-electron chi connectivity index (χ1n) is 7.74. The number of hydrogen-bond acceptors (Lipinski definition) is 2. The summed E-state index contributed by atoms with van der Waals surface area (Å²) in [5, 5.41) is 0.328. The lowest BCUT2D eigenvalue weighted by Crippen LogP contribution is -2.42. The first-order chi connectivity index (χ1) is 10.7. The topological polar surface area (TPSA) is 40.6 Å². The van der Waals surface area contributed by atoms with Gasteiger partial charge in [0.1, 0.15) is 5.82 Å². The van der Waals surface area contributed by atoms with E-state index in [0.717, 1.165) is 0 Å². The van der Waals surface area contributed by atoms with Crippen molar-refractivity contribution in [2.75, 3.05) is 26.2 Å². The van der Waals surface area contributed by atoms with Crippen molar-refractivity contribution in [2.24, 2.45) is 5.41 Å². The van der Waals surface area contributed by atoms with Crippen LogP contribution in [0.1, 0.15) is 37.6 Å². The number of carbonyl (C=O) groups is 2. The lowest BCUT2D eigenvalue weighted by atomic mass is 9.94. The minimum atomic E-state index is -0.578. The Labute approximate surface area is 141 Å². The molecule has 23 heavy (non-hydrogen) atoms. The van der Waals surface area contributed by atoms with Crippen LogP contribution in [-0.4, -0.2) is 47.8 Å². The molecule has 1 aliphatic heterocycles. The molecule has 0 aromatic heterocycles. The Morgan fingerprint density at radius 2 is 1.70 bits per heavy atom. The zero-order chi connectivity index (χ0) is 17.2. The number of rotatable bonds is 1. The van der Waals surface area contributed by atoms with Gasteiger partial charge in [-0.05, 0) is 24.6 Å². The van der Waals surface area contributed by atoms with E-state index in [1.165, 1.54) is 18.2 Å². The van der Waals surface area contributed by atoms with Crippen molar-refractivity contribution in [3.8, 4) is 0 Å². The molecular weight excluding hydrogens is 319 g/mol. The second-order valence-electron chi connectivity index (χ2n) is 6.81. The minimum absolute atomic E-state index is 0.0203. The minimum Gasteiger partial charge on any atom is -0.340 e. The predicted octanol–water partition coefficient (Wildman–Crippen LogP) is 3.20. The maximum absolute atomic E-state index is 13.9. The highest BCUT2D eigenvalue weighted by Crippen LogP contribution is 2.20. The van der Waals surface area contributed by atoms with Gasteiger partial charge in [0.15, 0.2) is 0 Å². The molecule has 0 bridgehead atoms. The van der Waals surface area contributed by atoms with Crippen molar-refractivity contribution >= 4 is 23.4 Å². The van der Waals surface area contributed by atoms with Crippen molar-refractivity contribution in [1.82, 2.24) is 9.80 Å². The highest BCUT2D eigenvalue weighted by Gasteiger charge is 2.30. The smallest absolute Gasteiger partial charge is 0.256 e. The number of benzene rings is 1. The molecule has 0 unspecified atom stereocenters. The van der Waals surface area contributed by atoms with E-state index in [2.05, 4.69) is 0 Å². The largest absolute Gasteiger partial charge is 0.340 e. The Kier molecular flexibility index (Phi) is 5.30. The first-order valence-corrected chi connectivity index (χ1v) is 8.11. The zero-order valence-electron chi connectivity index (χ0n) is 13.7. The Morgan fingerprint density at radius 3 is 2.35 bits per heavy atom. The van der Waals surface area contributed by atoms with Crippen molar-refractivity contribution in [3.05, 3.63) is 34.6 Å². The summed E-state index contributed by atoms with van der Waals surface area (Å²) in [6, 6.07) is 3.96. The van der Waals surface area contributed by atoms with Gasteiger partial charge >= 0.3 is 0 Å². The molecule has 0 atom stereocenters. The number of carbonyl (C=O) groups excluding carboxylic acids is 2. The molecule has 0 saturated carbocycles. The molecule has 126 valence electrons. The van der Waals surface area contributed by atoms with Gasteiger partial charge in [-0.15, -0.1) is 0 Å². The zero-order valence-corrected chi connectivity index (χ0v) is 14.5. The van der Waals surface area contributed by atoms with E-state index >= 15 is 0 Å². The second-order valence-corrected chi connectivity index (χ2v) is 7.25. The number of hydrogen-bond donors (Lipinski definition) is 0. The van der Waals surface area contributed by atoms with Gasteiger partial charge in [-0.2, -0.15) is 0 Å². The summed E-state index contributed by atoms with van der Waals surface area (Å²) >= 11 is 5.86. The van der Waals surface area contributed by atoms with E-state index in [4.69, 9.17) is 11.6 Å². The van der Waals surface area contributed by atoms with Gasteiger partial charge in [-0.3, -0.25) is 9.59 Å². The molecule has 1 aliphatic rings. The number of nitrogens with zero attached hydrogens (tertiary/aromatic N) is 2. The van der Waals surface area contributed by atoms with E-state index in [9.17, 15) is 14.0 Å². The fraction of sp³-hybridized carbons (Fsp3) is 0.529. The van der Waals surface area contributed by atoms with E-state index in [1.807, 2.05) is 20.8 Å². The summed E-state index contributed by atoms with van der Waals surface area (Å²) in [6.45, 7) is 7.60. The number of halogens is 2. The van der Waals surface area contributed by atoms with Crippen molar-refractivity contribution in [3.63, 3.8) is 0 Å². The summed E-state index contributed by atoms with van der Waals surface area (Å²) in [7, 11) is 0. The molecule has 0 spiro atoms. The third kappa shape index (κ3) is 4.22. The summed E-state index contributed by atoms with van der Waals surface area (Å²) in [5.74, 6) is -0.887. The van der Waals surface area contributed by atoms with E-state index in [0.29, 0.717) is 37.6 Å². The van der Waals surface area contributed by atoms with Gasteiger partial charge in [-0.1, -0.05) is 32.4 Å². The van der Waals surface area contributed by atoms with Gasteiger partial charge in [-0.25, -0.2) is 4.39 Å². The van der Waals surface area contributed by atoms with Gasteiger partial charge in [0.25, 0.3) is 5.91 Å². The van der Waals surface area contributed by atoms with Crippen LogP contribution in [0.3, 0.4) is 0 Å². The molecule has 4 nitrogen and oxygen atoms in total. The summed E-state index contributed by atoms with van der Waals surface area (Å²) in [6.07, 6.45) is 0.676. The molecular formula is C17H22ClFN2O2. The van der Waals surface area contributed by atoms with Crippen LogP contribution in [0.15, 0.2) is 18.2 Å². The standard InChI is InChI=1S/C17H22ClFN2O2/c1-17(2,3)16(23)21-8-4-7-20(9-10-21)15(22)13-11-12(18)5-6-14(13)19/h5-6,11H,4,7-10H2,1-3H3. The second kappa shape index (κ2) is 6.87. The molecule has 1 aromatic rings. The van der Waals surface area contributed by atoms with Crippen LogP contribution in [0.4, 0.5) is 4.39 Å². The van der Waals surface area contributed by atoms with E-state index < -0.39 is 11.2 Å². The maximum Gasteiger partial charge on any atom is 0.256 e. The Bertz CT molecular complexity index is 613. The van der Waals surface area contributed by atoms with Gasteiger partial charge in [0.05, 0.1) is 5.56 Å². The molecule has 2 rings (SSSR count). The average molecular weight is 341 g/mol. The lowest BCUT2D eigenvalue weighted by molar-refractivity contribution is -0.139. The third-order valence-electron chi connectivity index (χ3n) is 3.87. The molecule has 6 heteroatoms. The summed E-state index contributed by atoms with van der Waals surface area (Å²) in [4.78, 5) is 28.3. The van der Waals surface area contributed by atoms with Crippen LogP contribution in [0.25, 0.3) is 0 Å². The predicted molar refractivity (Wildman–Crippen MR) is 88.0 cm³/mol. The van der Waals surface area contributed by atoms with E-state index in [1.54, 1.807) is 9.80 Å². The molecule has 0 N–H and O–H groups in total. The van der Waals surface area contributed by atoms with Crippen LogP contribution < -0.4 is 0 Å². The van der Waals surface area contributed by atoms with Crippen molar-refractivity contribution < 1.29 is 14.0 Å². The molecule has 1 aromatic carbocycles. The van der Waals surface area contributed by atoms with Crippen LogP contribution in [0, 0.1) is 11.2 Å². The Morgan fingerprint density at radius 1 is 1.09 bits per heavy atom. The maximum atomic E-state index is 13.9. The third-order valence-corrected chi connectivity index (χ3v) is 4.11. The van der Waals surface area contributed by atoms with Crippen LogP contribution in [-0.2, 0) is 4.79 Å². The molecule has 1 saturated heterocycles. The number of amides is 2. The Hall–Kier alpha value is -1.62. The normalized spacial score (nSPS) is 16.2. The highest BCUT2D eigenvalue weighted by atomic mass is 35.5. The van der Waals surface area contributed by atoms with Crippen LogP contribution in [0.5, 0.6) is 0 Å². The Balaban J connectivity index is 2.10. The summed E-state index contributed by atoms with van der Waals surface area (Å²) < 4.78 is 13.9. The quantitative estimate of drug-likeness (QED) is 0.787. The van der Waals surface area contributed by atoms with Crippen molar-refractivity contribution in [1.29, 1.82) is 0 Å². The van der Waals surface area contributed by atoms with Crippen LogP contribution >= 0.6 is 11.6 Å². The molecule has 1 heterocycles. The fourth-order valence-electron chi connectivity index (χ4n) is 2.63. The molecule has 0 aliphatic carbocycles. The van der Waals surface area contributed by atoms with Crippen LogP contribution in [0.2, 0.25) is 5.02 Å². The SMILES string of the molecule is CC(C)(C)C(=O)N1CCCN(C(=O)c2cc(Cl)ccc2F)CC1. The monoisotopic (exact) mass is 340 g/mol. The summed E-state index contributed by atoms with van der Waals surface area (Å²) in [5.41, 5.74) is -0.466. The van der Waals surface area contributed by atoms with Gasteiger partial charge in [0, 0.05) is 36.6 Å². The average Bonchev–Trinajstić information content (AvgIpc) is 2.73. The lowest BCUT2D eigenvalue weighted by Gasteiger charge is -2.28. The fourth-order valence-corrected chi connectivity index (χ4v) is 2.80. The van der Waals surface area contributed by atoms with E-state index in [-0.39, 0.29) is 17.4 Å². The molecule has 1 fully saturated rings. The molecule has 2 amide bonds. The van der Waals surface area contributed by atoms with Gasteiger partial charge < -0.3 is 9.80 Å². The highest BCUT2D eigenvalue weighted by molar-refractivity contribution is 6.31. The first kappa shape index (κ1) is 17.7. The van der Waals surface area contributed by atoms with Crippen molar-refractivity contribution in [2.45, 2.75) is 27.2 Å². The molecule has 0 radical (unpaired) electrons.